The molecule has 1 amide bonds. The van der Waals surface area contributed by atoms with Gasteiger partial charge in [0.15, 0.2) is 0 Å². The van der Waals surface area contributed by atoms with E-state index in [1.807, 2.05) is 30.3 Å². The van der Waals surface area contributed by atoms with Gasteiger partial charge in [-0.15, -0.1) is 11.8 Å². The Morgan fingerprint density at radius 2 is 1.91 bits per heavy atom. The minimum atomic E-state index is -0.984. The summed E-state index contributed by atoms with van der Waals surface area (Å²) in [5.41, 5.74) is -0.634. The zero-order chi connectivity index (χ0) is 16.3. The summed E-state index contributed by atoms with van der Waals surface area (Å²) in [5.74, 6) is -0.984. The molecule has 0 bridgehead atoms. The molecule has 1 heterocycles. The molecule has 0 aromatic heterocycles. The number of carbonyl (C=O) groups is 2. The number of hydrogen-bond donors (Lipinski definition) is 1. The molecule has 1 N–H and O–H groups in total. The van der Waals surface area contributed by atoms with Crippen molar-refractivity contribution in [3.05, 3.63) is 30.3 Å². The van der Waals surface area contributed by atoms with Crippen LogP contribution in [0.2, 0.25) is 0 Å². The van der Waals surface area contributed by atoms with Crippen LogP contribution in [0.1, 0.15) is 27.2 Å². The van der Waals surface area contributed by atoms with Crippen LogP contribution >= 0.6 is 11.8 Å². The average molecular weight is 323 g/mol. The topological polar surface area (TPSA) is 66.8 Å². The minimum absolute atomic E-state index is 0.0519. The van der Waals surface area contributed by atoms with Crippen LogP contribution in [0.25, 0.3) is 0 Å². The lowest BCUT2D eigenvalue weighted by Gasteiger charge is -2.26. The molecule has 0 spiro atoms. The molecule has 6 heteroatoms. The van der Waals surface area contributed by atoms with Crippen molar-refractivity contribution in [1.82, 2.24) is 4.90 Å². The van der Waals surface area contributed by atoms with Crippen LogP contribution in [0.3, 0.4) is 0 Å². The molecule has 5 nitrogen and oxygen atoms in total. The van der Waals surface area contributed by atoms with Crippen LogP contribution in [0.4, 0.5) is 4.79 Å². The molecule has 0 aliphatic carbocycles. The molecule has 1 saturated heterocycles. The first-order valence-electron chi connectivity index (χ1n) is 7.20. The van der Waals surface area contributed by atoms with E-state index in [-0.39, 0.29) is 5.25 Å². The summed E-state index contributed by atoms with van der Waals surface area (Å²) in [6.07, 6.45) is -0.134. The van der Waals surface area contributed by atoms with Gasteiger partial charge in [-0.3, -0.25) is 4.90 Å². The van der Waals surface area contributed by atoms with Gasteiger partial charge in [0, 0.05) is 16.7 Å². The third kappa shape index (κ3) is 4.40. The average Bonchev–Trinajstić information content (AvgIpc) is 2.82. The normalized spacial score (nSPS) is 21.7. The van der Waals surface area contributed by atoms with Gasteiger partial charge >= 0.3 is 12.1 Å². The maximum absolute atomic E-state index is 12.2. The number of aliphatic carboxylic acids is 1. The maximum Gasteiger partial charge on any atom is 0.411 e. The van der Waals surface area contributed by atoms with Crippen molar-refractivity contribution >= 4 is 23.8 Å². The van der Waals surface area contributed by atoms with E-state index in [9.17, 15) is 14.7 Å². The number of rotatable bonds is 3. The Morgan fingerprint density at radius 3 is 2.45 bits per heavy atom. The molecule has 120 valence electrons. The smallest absolute Gasteiger partial charge is 0.411 e. The first-order chi connectivity index (χ1) is 10.3. The number of carbonyl (C=O) groups excluding carboxylic acids is 1. The fraction of sp³-hybridized carbons (Fsp3) is 0.500. The summed E-state index contributed by atoms with van der Waals surface area (Å²) in [4.78, 5) is 26.0. The van der Waals surface area contributed by atoms with Crippen LogP contribution in [0.5, 0.6) is 0 Å². The Kier molecular flexibility index (Phi) is 5.01. The van der Waals surface area contributed by atoms with Gasteiger partial charge in [-0.2, -0.15) is 0 Å². The molecule has 1 aromatic carbocycles. The Bertz CT molecular complexity index is 541. The molecule has 2 atom stereocenters. The second kappa shape index (κ2) is 6.60. The molecule has 0 unspecified atom stereocenters. The van der Waals surface area contributed by atoms with Crippen molar-refractivity contribution in [1.29, 1.82) is 0 Å². The van der Waals surface area contributed by atoms with Crippen LogP contribution in [0.15, 0.2) is 35.2 Å². The third-order valence-electron chi connectivity index (χ3n) is 3.22. The summed E-state index contributed by atoms with van der Waals surface area (Å²) in [7, 11) is 0. The van der Waals surface area contributed by atoms with Gasteiger partial charge in [0.2, 0.25) is 0 Å². The SMILES string of the molecule is CC(C)(C)OC(=O)N1C[C@H](Sc2ccccc2)C[C@@H]1C(=O)O. The standard InChI is InChI=1S/C16H21NO4S/c1-16(2,3)21-15(20)17-10-12(9-13(17)14(18)19)22-11-7-5-4-6-8-11/h4-8,12-13H,9-10H2,1-3H3,(H,18,19)/t12-,13-/m1/s1. The van der Waals surface area contributed by atoms with E-state index in [0.717, 1.165) is 4.90 Å². The third-order valence-corrected chi connectivity index (χ3v) is 4.44. The summed E-state index contributed by atoms with van der Waals surface area (Å²) in [6, 6.07) is 8.96. The molecular formula is C16H21NO4S. The minimum Gasteiger partial charge on any atom is -0.480 e. The highest BCUT2D eigenvalue weighted by molar-refractivity contribution is 8.00. The highest BCUT2D eigenvalue weighted by Crippen LogP contribution is 2.33. The van der Waals surface area contributed by atoms with Gasteiger partial charge in [0.1, 0.15) is 11.6 Å². The largest absolute Gasteiger partial charge is 0.480 e. The lowest BCUT2D eigenvalue weighted by Crippen LogP contribution is -2.43. The Labute approximate surface area is 134 Å². The summed E-state index contributed by atoms with van der Waals surface area (Å²) >= 11 is 1.60. The van der Waals surface area contributed by atoms with E-state index >= 15 is 0 Å². The van der Waals surface area contributed by atoms with E-state index < -0.39 is 23.7 Å². The number of nitrogens with zero attached hydrogens (tertiary/aromatic N) is 1. The Hall–Kier alpha value is -1.69. The predicted molar refractivity (Wildman–Crippen MR) is 85.1 cm³/mol. The van der Waals surface area contributed by atoms with Gasteiger partial charge in [0.25, 0.3) is 0 Å². The van der Waals surface area contributed by atoms with Crippen molar-refractivity contribution in [2.24, 2.45) is 0 Å². The van der Waals surface area contributed by atoms with E-state index in [0.29, 0.717) is 13.0 Å². The molecule has 1 aliphatic rings. The summed E-state index contributed by atoms with van der Waals surface area (Å²) in [5, 5.41) is 9.41. The Balaban J connectivity index is 2.06. The molecule has 1 aliphatic heterocycles. The number of ether oxygens (including phenoxy) is 1. The second-order valence-electron chi connectivity index (χ2n) is 6.28. The van der Waals surface area contributed by atoms with Gasteiger partial charge in [-0.1, -0.05) is 18.2 Å². The summed E-state index contributed by atoms with van der Waals surface area (Å²) in [6.45, 7) is 5.69. The second-order valence-corrected chi connectivity index (χ2v) is 7.65. The lowest BCUT2D eigenvalue weighted by atomic mass is 10.2. The van der Waals surface area contributed by atoms with Crippen LogP contribution in [0, 0.1) is 0 Å². The first-order valence-corrected chi connectivity index (χ1v) is 8.08. The van der Waals surface area contributed by atoms with Gasteiger partial charge in [0.05, 0.1) is 0 Å². The molecule has 0 radical (unpaired) electrons. The fourth-order valence-electron chi connectivity index (χ4n) is 2.33. The number of carboxylic acid groups (broad SMARTS) is 1. The quantitative estimate of drug-likeness (QED) is 0.925. The number of amides is 1. The molecule has 0 saturated carbocycles. The van der Waals surface area contributed by atoms with Crippen molar-refractivity contribution in [3.63, 3.8) is 0 Å². The van der Waals surface area contributed by atoms with Crippen molar-refractivity contribution in [2.45, 2.75) is 49.0 Å². The maximum atomic E-state index is 12.2. The fourth-order valence-corrected chi connectivity index (χ4v) is 3.54. The monoisotopic (exact) mass is 323 g/mol. The predicted octanol–water partition coefficient (Wildman–Crippen LogP) is 3.24. The van der Waals surface area contributed by atoms with E-state index in [2.05, 4.69) is 0 Å². The number of thioether (sulfide) groups is 1. The van der Waals surface area contributed by atoms with E-state index in [1.54, 1.807) is 32.5 Å². The Morgan fingerprint density at radius 1 is 1.27 bits per heavy atom. The van der Waals surface area contributed by atoms with Crippen molar-refractivity contribution < 1.29 is 19.4 Å². The molecule has 1 fully saturated rings. The zero-order valence-corrected chi connectivity index (χ0v) is 13.8. The highest BCUT2D eigenvalue weighted by Gasteiger charge is 2.41. The highest BCUT2D eigenvalue weighted by atomic mass is 32.2. The van der Waals surface area contributed by atoms with E-state index in [4.69, 9.17) is 4.74 Å². The van der Waals surface area contributed by atoms with Crippen molar-refractivity contribution in [2.75, 3.05) is 6.54 Å². The molecular weight excluding hydrogens is 302 g/mol. The molecule has 2 rings (SSSR count). The molecule has 22 heavy (non-hydrogen) atoms. The summed E-state index contributed by atoms with van der Waals surface area (Å²) < 4.78 is 5.31. The van der Waals surface area contributed by atoms with Crippen LogP contribution < -0.4 is 0 Å². The number of carboxylic acids is 1. The molecule has 1 aromatic rings. The number of hydrogen-bond acceptors (Lipinski definition) is 4. The van der Waals surface area contributed by atoms with Crippen molar-refractivity contribution in [3.8, 4) is 0 Å². The van der Waals surface area contributed by atoms with Crippen LogP contribution in [-0.2, 0) is 9.53 Å². The first kappa shape index (κ1) is 16.7. The zero-order valence-electron chi connectivity index (χ0n) is 13.0. The van der Waals surface area contributed by atoms with Gasteiger partial charge in [-0.05, 0) is 39.3 Å². The number of benzene rings is 1. The lowest BCUT2D eigenvalue weighted by molar-refractivity contribution is -0.142. The van der Waals surface area contributed by atoms with Gasteiger partial charge < -0.3 is 9.84 Å². The number of likely N-dealkylation sites (tertiary alicyclic amines) is 1. The van der Waals surface area contributed by atoms with E-state index in [1.165, 1.54) is 4.90 Å². The van der Waals surface area contributed by atoms with Gasteiger partial charge in [-0.25, -0.2) is 9.59 Å². The van der Waals surface area contributed by atoms with Crippen LogP contribution in [-0.4, -0.2) is 45.5 Å².